The summed E-state index contributed by atoms with van der Waals surface area (Å²) in [5, 5.41) is 23.7. The lowest BCUT2D eigenvalue weighted by Crippen LogP contribution is -2.33. The summed E-state index contributed by atoms with van der Waals surface area (Å²) >= 11 is 0. The smallest absolute Gasteiger partial charge is 0.284 e. The molecule has 2 unspecified atom stereocenters. The van der Waals surface area contributed by atoms with Crippen LogP contribution >= 0.6 is 0 Å². The maximum absolute atomic E-state index is 11.3. The first-order chi connectivity index (χ1) is 11.5. The molecule has 24 heavy (non-hydrogen) atoms. The summed E-state index contributed by atoms with van der Waals surface area (Å²) in [5.74, 6) is 1.66. The molecule has 2 rings (SSSR count). The van der Waals surface area contributed by atoms with Crippen molar-refractivity contribution < 1.29 is 19.2 Å². The average molecular weight is 334 g/mol. The molecule has 7 nitrogen and oxygen atoms in total. The Kier molecular flexibility index (Phi) is 5.94. The molecule has 130 valence electrons. The quantitative estimate of drug-likeness (QED) is 0.569. The second-order valence-electron chi connectivity index (χ2n) is 5.74. The number of benzene rings is 1. The van der Waals surface area contributed by atoms with E-state index in [1.54, 1.807) is 24.3 Å². The molecule has 1 aromatic heterocycles. The van der Waals surface area contributed by atoms with Gasteiger partial charge >= 0.3 is 0 Å². The highest BCUT2D eigenvalue weighted by molar-refractivity contribution is 5.71. The van der Waals surface area contributed by atoms with Gasteiger partial charge in [0.15, 0.2) is 0 Å². The van der Waals surface area contributed by atoms with Gasteiger partial charge in [-0.2, -0.15) is 0 Å². The Bertz CT molecular complexity index is 698. The summed E-state index contributed by atoms with van der Waals surface area (Å²) in [5.41, 5.74) is 0.342. The molecule has 0 saturated heterocycles. The fourth-order valence-electron chi connectivity index (χ4n) is 2.24. The Hall–Kier alpha value is -2.38. The van der Waals surface area contributed by atoms with Crippen LogP contribution in [0.4, 0.5) is 5.69 Å². The minimum absolute atomic E-state index is 0.0644. The maximum atomic E-state index is 11.3. The lowest BCUT2D eigenvalue weighted by atomic mass is 10.1. The minimum atomic E-state index is -0.455. The van der Waals surface area contributed by atoms with Crippen molar-refractivity contribution in [1.29, 1.82) is 0 Å². The van der Waals surface area contributed by atoms with Crippen LogP contribution in [-0.2, 0) is 6.54 Å². The fraction of sp³-hybridized carbons (Fsp3) is 0.412. The number of furan rings is 1. The highest BCUT2D eigenvalue weighted by atomic mass is 16.6. The van der Waals surface area contributed by atoms with Gasteiger partial charge in [-0.05, 0) is 37.1 Å². The number of rotatable bonds is 8. The number of nitrogens with one attached hydrogen (secondary N) is 1. The van der Waals surface area contributed by atoms with Crippen molar-refractivity contribution >= 4 is 5.69 Å². The SMILES string of the molecule is COc1ccc(-c2ccc(CNC(C)C(C)CO)o2)c([N+](=O)[O-])c1. The van der Waals surface area contributed by atoms with Gasteiger partial charge in [-0.1, -0.05) is 6.92 Å². The van der Waals surface area contributed by atoms with E-state index in [2.05, 4.69) is 5.32 Å². The minimum Gasteiger partial charge on any atom is -0.497 e. The molecule has 0 radical (unpaired) electrons. The van der Waals surface area contributed by atoms with E-state index in [1.165, 1.54) is 13.2 Å². The molecule has 1 aromatic carbocycles. The topological polar surface area (TPSA) is 97.8 Å². The Morgan fingerprint density at radius 3 is 2.71 bits per heavy atom. The van der Waals surface area contributed by atoms with Gasteiger partial charge in [0.1, 0.15) is 17.3 Å². The number of hydrogen-bond donors (Lipinski definition) is 2. The Balaban J connectivity index is 2.17. The van der Waals surface area contributed by atoms with Gasteiger partial charge in [0.2, 0.25) is 0 Å². The number of nitro benzene ring substituents is 1. The van der Waals surface area contributed by atoms with E-state index < -0.39 is 4.92 Å². The number of ether oxygens (including phenoxy) is 1. The predicted molar refractivity (Wildman–Crippen MR) is 89.9 cm³/mol. The summed E-state index contributed by atoms with van der Waals surface area (Å²) in [6.45, 7) is 4.52. The summed E-state index contributed by atoms with van der Waals surface area (Å²) in [7, 11) is 1.46. The molecule has 7 heteroatoms. The molecule has 0 amide bonds. The number of aliphatic hydroxyl groups is 1. The molecule has 0 fully saturated rings. The lowest BCUT2D eigenvalue weighted by molar-refractivity contribution is -0.384. The van der Waals surface area contributed by atoms with Crippen LogP contribution in [0.25, 0.3) is 11.3 Å². The first kappa shape index (κ1) is 18.0. The van der Waals surface area contributed by atoms with Gasteiger partial charge in [-0.3, -0.25) is 10.1 Å². The van der Waals surface area contributed by atoms with E-state index in [0.29, 0.717) is 29.4 Å². The van der Waals surface area contributed by atoms with Gasteiger partial charge in [0.05, 0.1) is 30.2 Å². The van der Waals surface area contributed by atoms with Crippen molar-refractivity contribution in [3.63, 3.8) is 0 Å². The fourth-order valence-corrected chi connectivity index (χ4v) is 2.24. The monoisotopic (exact) mass is 334 g/mol. The first-order valence-electron chi connectivity index (χ1n) is 7.72. The molecule has 0 spiro atoms. The molecular formula is C17H22N2O5. The third-order valence-electron chi connectivity index (χ3n) is 4.07. The van der Waals surface area contributed by atoms with Crippen LogP contribution < -0.4 is 10.1 Å². The van der Waals surface area contributed by atoms with Crippen LogP contribution in [0.3, 0.4) is 0 Å². The van der Waals surface area contributed by atoms with Gasteiger partial charge in [-0.25, -0.2) is 0 Å². The zero-order chi connectivity index (χ0) is 17.7. The highest BCUT2D eigenvalue weighted by Gasteiger charge is 2.19. The largest absolute Gasteiger partial charge is 0.497 e. The Labute approximate surface area is 140 Å². The average Bonchev–Trinajstić information content (AvgIpc) is 3.06. The molecular weight excluding hydrogens is 312 g/mol. The zero-order valence-electron chi connectivity index (χ0n) is 14.0. The second kappa shape index (κ2) is 7.94. The standard InChI is InChI=1S/C17H22N2O5/c1-11(10-20)12(2)18-9-14-5-7-17(24-14)15-6-4-13(23-3)8-16(15)19(21)22/h4-8,11-12,18,20H,9-10H2,1-3H3. The normalized spacial score (nSPS) is 13.5. The van der Waals surface area contributed by atoms with Crippen molar-refractivity contribution in [3.8, 4) is 17.1 Å². The van der Waals surface area contributed by atoms with Gasteiger partial charge < -0.3 is 19.6 Å². The van der Waals surface area contributed by atoms with Crippen LogP contribution in [0, 0.1) is 16.0 Å². The van der Waals surface area contributed by atoms with Crippen LogP contribution in [0.5, 0.6) is 5.75 Å². The number of methoxy groups -OCH3 is 1. The third kappa shape index (κ3) is 4.12. The summed E-state index contributed by atoms with van der Waals surface area (Å²) in [4.78, 5) is 10.8. The number of aliphatic hydroxyl groups excluding tert-OH is 1. The summed E-state index contributed by atoms with van der Waals surface area (Å²) in [6, 6.07) is 8.27. The molecule has 0 aliphatic rings. The van der Waals surface area contributed by atoms with Crippen molar-refractivity contribution in [3.05, 3.63) is 46.2 Å². The van der Waals surface area contributed by atoms with E-state index in [4.69, 9.17) is 14.3 Å². The highest BCUT2D eigenvalue weighted by Crippen LogP contribution is 2.34. The van der Waals surface area contributed by atoms with Crippen molar-refractivity contribution in [1.82, 2.24) is 5.32 Å². The van der Waals surface area contributed by atoms with Gasteiger partial charge in [-0.15, -0.1) is 0 Å². The summed E-state index contributed by atoms with van der Waals surface area (Å²) < 4.78 is 10.8. The molecule has 0 bridgehead atoms. The van der Waals surface area contributed by atoms with Crippen LogP contribution in [0.2, 0.25) is 0 Å². The molecule has 0 aliphatic carbocycles. The third-order valence-corrected chi connectivity index (χ3v) is 4.07. The number of nitrogens with zero attached hydrogens (tertiary/aromatic N) is 1. The van der Waals surface area contributed by atoms with E-state index >= 15 is 0 Å². The molecule has 2 N–H and O–H groups in total. The van der Waals surface area contributed by atoms with E-state index in [1.807, 2.05) is 13.8 Å². The van der Waals surface area contributed by atoms with E-state index in [9.17, 15) is 10.1 Å². The van der Waals surface area contributed by atoms with Crippen LogP contribution in [-0.4, -0.2) is 29.8 Å². The molecule has 2 aromatic rings. The van der Waals surface area contributed by atoms with Crippen molar-refractivity contribution in [2.75, 3.05) is 13.7 Å². The molecule has 2 atom stereocenters. The van der Waals surface area contributed by atoms with Crippen molar-refractivity contribution in [2.24, 2.45) is 5.92 Å². The number of hydrogen-bond acceptors (Lipinski definition) is 6. The van der Waals surface area contributed by atoms with Crippen molar-refractivity contribution in [2.45, 2.75) is 26.4 Å². The van der Waals surface area contributed by atoms with E-state index in [-0.39, 0.29) is 24.3 Å². The first-order valence-corrected chi connectivity index (χ1v) is 7.72. The number of nitro groups is 1. The van der Waals surface area contributed by atoms with Crippen LogP contribution in [0.1, 0.15) is 19.6 Å². The predicted octanol–water partition coefficient (Wildman–Crippen LogP) is 2.97. The zero-order valence-corrected chi connectivity index (χ0v) is 14.0. The molecule has 0 aliphatic heterocycles. The van der Waals surface area contributed by atoms with Gasteiger partial charge in [0, 0.05) is 12.6 Å². The van der Waals surface area contributed by atoms with Crippen LogP contribution in [0.15, 0.2) is 34.7 Å². The summed E-state index contributed by atoms with van der Waals surface area (Å²) in [6.07, 6.45) is 0. The Morgan fingerprint density at radius 2 is 2.08 bits per heavy atom. The maximum Gasteiger partial charge on any atom is 0.284 e. The van der Waals surface area contributed by atoms with E-state index in [0.717, 1.165) is 0 Å². The molecule has 0 saturated carbocycles. The second-order valence-corrected chi connectivity index (χ2v) is 5.74. The Morgan fingerprint density at radius 1 is 1.33 bits per heavy atom. The molecule has 1 heterocycles. The van der Waals surface area contributed by atoms with Gasteiger partial charge in [0.25, 0.3) is 5.69 Å². The lowest BCUT2D eigenvalue weighted by Gasteiger charge is -2.18.